The van der Waals surface area contributed by atoms with E-state index in [9.17, 15) is 27.2 Å². The Hall–Kier alpha value is -3.25. The zero-order chi connectivity index (χ0) is 21.0. The molecule has 0 aliphatic carbocycles. The van der Waals surface area contributed by atoms with Crippen molar-refractivity contribution in [2.75, 3.05) is 31.8 Å². The number of sulfonamides is 1. The highest BCUT2D eigenvalue weighted by Gasteiger charge is 2.33. The van der Waals surface area contributed by atoms with E-state index in [1.165, 1.54) is 4.90 Å². The third-order valence-electron chi connectivity index (χ3n) is 4.26. The largest absolute Gasteiger partial charge is 0.384 e. The molecule has 0 bridgehead atoms. The second-order valence-electron chi connectivity index (χ2n) is 6.15. The quantitative estimate of drug-likeness (QED) is 0.573. The van der Waals surface area contributed by atoms with E-state index in [1.807, 2.05) is 10.0 Å². The summed E-state index contributed by atoms with van der Waals surface area (Å²) in [5.41, 5.74) is 4.87. The number of carbonyl (C=O) groups excluding carboxylic acids is 2. The number of imide groups is 1. The van der Waals surface area contributed by atoms with Gasteiger partial charge in [0.25, 0.3) is 17.4 Å². The van der Waals surface area contributed by atoms with Gasteiger partial charge in [-0.05, 0) is 13.1 Å². The summed E-state index contributed by atoms with van der Waals surface area (Å²) in [6.07, 6.45) is 0. The smallest absolute Gasteiger partial charge is 0.262 e. The third-order valence-corrected chi connectivity index (χ3v) is 5.69. The van der Waals surface area contributed by atoms with Gasteiger partial charge >= 0.3 is 0 Å². The van der Waals surface area contributed by atoms with Crippen molar-refractivity contribution in [1.29, 1.82) is 0 Å². The van der Waals surface area contributed by atoms with Crippen molar-refractivity contribution < 1.29 is 22.4 Å². The number of amides is 2. The predicted molar refractivity (Wildman–Crippen MR) is 98.8 cm³/mol. The number of hydrogen-bond donors (Lipinski definition) is 3. The lowest BCUT2D eigenvalue weighted by molar-refractivity contribution is 0.0880. The van der Waals surface area contributed by atoms with Crippen molar-refractivity contribution in [1.82, 2.24) is 14.6 Å². The van der Waals surface area contributed by atoms with Gasteiger partial charge in [0.1, 0.15) is 16.5 Å². The van der Waals surface area contributed by atoms with Crippen molar-refractivity contribution in [3.05, 3.63) is 45.5 Å². The summed E-state index contributed by atoms with van der Waals surface area (Å²) in [7, 11) is 0.0215. The van der Waals surface area contributed by atoms with Gasteiger partial charge in [0, 0.05) is 26.2 Å². The number of pyridine rings is 1. The molecule has 0 unspecified atom stereocenters. The Balaban J connectivity index is 2.44. The molecule has 0 saturated carbocycles. The van der Waals surface area contributed by atoms with Crippen molar-refractivity contribution in [2.24, 2.45) is 0 Å². The maximum absolute atomic E-state index is 14.4. The van der Waals surface area contributed by atoms with Crippen LogP contribution in [-0.4, -0.2) is 45.9 Å². The number of benzene rings is 1. The lowest BCUT2D eigenvalue weighted by atomic mass is 10.1. The minimum atomic E-state index is -4.19. The van der Waals surface area contributed by atoms with E-state index < -0.39 is 38.1 Å². The summed E-state index contributed by atoms with van der Waals surface area (Å²) in [5.74, 6) is -2.96. The molecule has 148 valence electrons. The highest BCUT2D eigenvalue weighted by atomic mass is 32.2. The molecule has 2 amide bonds. The van der Waals surface area contributed by atoms with E-state index in [4.69, 9.17) is 5.73 Å². The van der Waals surface area contributed by atoms with Gasteiger partial charge in [-0.1, -0.05) is 0 Å². The monoisotopic (exact) mass is 409 g/mol. The molecule has 0 spiro atoms. The first-order valence-corrected chi connectivity index (χ1v) is 9.34. The van der Waals surface area contributed by atoms with Gasteiger partial charge in [-0.2, -0.15) is 0 Å². The average Bonchev–Trinajstić information content (AvgIpc) is 2.89. The summed E-state index contributed by atoms with van der Waals surface area (Å²) >= 11 is 0. The Labute approximate surface area is 158 Å². The van der Waals surface area contributed by atoms with E-state index in [2.05, 4.69) is 0 Å². The molecule has 28 heavy (non-hydrogen) atoms. The number of aromatic nitrogens is 1. The second-order valence-corrected chi connectivity index (χ2v) is 8.00. The molecular formula is C16H16FN5O5S. The van der Waals surface area contributed by atoms with Gasteiger partial charge in [-0.15, -0.1) is 0 Å². The summed E-state index contributed by atoms with van der Waals surface area (Å²) in [5, 5.41) is 2.03. The molecule has 2 aromatic rings. The van der Waals surface area contributed by atoms with Crippen LogP contribution in [0.2, 0.25) is 0 Å². The fourth-order valence-electron chi connectivity index (χ4n) is 2.91. The van der Waals surface area contributed by atoms with Crippen molar-refractivity contribution in [3.8, 4) is 5.69 Å². The lowest BCUT2D eigenvalue weighted by Crippen LogP contribution is -2.27. The van der Waals surface area contributed by atoms with Crippen LogP contribution in [0.15, 0.2) is 27.9 Å². The molecule has 0 radical (unpaired) electrons. The SMILES string of the molecule is CNS(=O)(=O)c1cc(-n2c(N)c3c(cc2=O)C(=O)NC3=O)c(N(C)C)cc1F. The van der Waals surface area contributed by atoms with Gasteiger partial charge in [-0.25, -0.2) is 17.5 Å². The van der Waals surface area contributed by atoms with Gasteiger partial charge in [0.05, 0.1) is 22.5 Å². The number of carbonyl (C=O) groups is 2. The number of rotatable bonds is 4. The Morgan fingerprint density at radius 2 is 1.79 bits per heavy atom. The standard InChI is InChI=1S/C16H16FN5O5S/c1-19-28(26,27)11-6-10(9(21(2)3)5-8(11)17)22-12(23)4-7-13(14(22)18)16(25)20-15(7)24/h4-6,19H,18H2,1-3H3,(H,20,24,25). The molecule has 1 aliphatic rings. The Bertz CT molecular complexity index is 1200. The number of nitrogens with one attached hydrogen (secondary N) is 2. The molecule has 1 aromatic heterocycles. The molecule has 1 aliphatic heterocycles. The summed E-state index contributed by atoms with van der Waals surface area (Å²) in [6.45, 7) is 0. The van der Waals surface area contributed by atoms with Crippen LogP contribution in [0, 0.1) is 5.82 Å². The van der Waals surface area contributed by atoms with Crippen molar-refractivity contribution in [3.63, 3.8) is 0 Å². The molecule has 0 fully saturated rings. The van der Waals surface area contributed by atoms with E-state index in [0.29, 0.717) is 0 Å². The zero-order valence-electron chi connectivity index (χ0n) is 15.0. The minimum absolute atomic E-state index is 0.0716. The molecule has 10 nitrogen and oxygen atoms in total. The van der Waals surface area contributed by atoms with Crippen LogP contribution in [0.5, 0.6) is 0 Å². The molecule has 4 N–H and O–H groups in total. The number of nitrogen functional groups attached to an aromatic ring is 1. The summed E-state index contributed by atoms with van der Waals surface area (Å²) in [4.78, 5) is 37.2. The molecule has 3 rings (SSSR count). The van der Waals surface area contributed by atoms with Crippen LogP contribution in [0.25, 0.3) is 5.69 Å². The van der Waals surface area contributed by atoms with Crippen LogP contribution < -0.4 is 26.2 Å². The van der Waals surface area contributed by atoms with Crippen molar-refractivity contribution in [2.45, 2.75) is 4.90 Å². The van der Waals surface area contributed by atoms with E-state index in [1.54, 1.807) is 14.1 Å². The molecule has 0 atom stereocenters. The summed E-state index contributed by atoms with van der Waals surface area (Å²) in [6, 6.07) is 2.79. The fourth-order valence-corrected chi connectivity index (χ4v) is 3.72. The van der Waals surface area contributed by atoms with Crippen LogP contribution in [0.4, 0.5) is 15.9 Å². The third kappa shape index (κ3) is 2.82. The van der Waals surface area contributed by atoms with Crippen LogP contribution in [0.3, 0.4) is 0 Å². The number of nitrogens with zero attached hydrogens (tertiary/aromatic N) is 2. The number of halogens is 1. The number of nitrogens with two attached hydrogens (primary N) is 1. The van der Waals surface area contributed by atoms with Crippen LogP contribution in [0.1, 0.15) is 20.7 Å². The number of fused-ring (bicyclic) bond motifs is 1. The maximum atomic E-state index is 14.4. The summed E-state index contributed by atoms with van der Waals surface area (Å²) < 4.78 is 41.6. The first-order valence-electron chi connectivity index (χ1n) is 7.85. The molecule has 1 aromatic carbocycles. The Morgan fingerprint density at radius 3 is 2.36 bits per heavy atom. The highest BCUT2D eigenvalue weighted by Crippen LogP contribution is 2.31. The zero-order valence-corrected chi connectivity index (χ0v) is 15.8. The van der Waals surface area contributed by atoms with E-state index >= 15 is 0 Å². The average molecular weight is 409 g/mol. The number of anilines is 2. The van der Waals surface area contributed by atoms with Gasteiger partial charge < -0.3 is 10.6 Å². The van der Waals surface area contributed by atoms with E-state index in [-0.39, 0.29) is 28.3 Å². The minimum Gasteiger partial charge on any atom is -0.384 e. The van der Waals surface area contributed by atoms with Crippen LogP contribution >= 0.6 is 0 Å². The fraction of sp³-hybridized carbons (Fsp3) is 0.188. The van der Waals surface area contributed by atoms with Gasteiger partial charge in [-0.3, -0.25) is 24.3 Å². The second kappa shape index (κ2) is 6.42. The predicted octanol–water partition coefficient (Wildman–Crippen LogP) is -0.583. The molecule has 0 saturated heterocycles. The molecule has 2 heterocycles. The van der Waals surface area contributed by atoms with Gasteiger partial charge in [0.15, 0.2) is 0 Å². The first kappa shape index (κ1) is 19.5. The number of hydrogen-bond acceptors (Lipinski definition) is 7. The topological polar surface area (TPSA) is 144 Å². The Morgan fingerprint density at radius 1 is 1.14 bits per heavy atom. The van der Waals surface area contributed by atoms with Crippen LogP contribution in [-0.2, 0) is 10.0 Å². The lowest BCUT2D eigenvalue weighted by Gasteiger charge is -2.22. The van der Waals surface area contributed by atoms with Crippen molar-refractivity contribution >= 4 is 33.3 Å². The maximum Gasteiger partial charge on any atom is 0.262 e. The van der Waals surface area contributed by atoms with Gasteiger partial charge in [0.2, 0.25) is 10.0 Å². The highest BCUT2D eigenvalue weighted by molar-refractivity contribution is 7.89. The first-order chi connectivity index (χ1) is 13.0. The molecule has 12 heteroatoms. The molecular weight excluding hydrogens is 393 g/mol. The van der Waals surface area contributed by atoms with E-state index in [0.717, 1.165) is 29.8 Å². The normalized spacial score (nSPS) is 13.4. The Kier molecular flexibility index (Phi) is 4.47.